The largest absolute Gasteiger partial charge is 0.493 e. The molecule has 0 aliphatic carbocycles. The molecule has 0 aromatic carbocycles. The molecule has 6 nitrogen and oxygen atoms in total. The van der Waals surface area contributed by atoms with Crippen molar-refractivity contribution in [1.82, 2.24) is 9.88 Å². The lowest BCUT2D eigenvalue weighted by atomic mass is 10.3. The number of aromatic hydroxyl groups is 1. The number of fused-ring (bicyclic) bond motifs is 1. The third-order valence-corrected chi connectivity index (χ3v) is 2.55. The second-order valence-corrected chi connectivity index (χ2v) is 3.93. The Labute approximate surface area is 105 Å². The molecule has 2 rings (SSSR count). The molecule has 0 saturated heterocycles. The van der Waals surface area contributed by atoms with E-state index < -0.39 is 30.8 Å². The molecular formula is C10H9F3N2O4. The van der Waals surface area contributed by atoms with Gasteiger partial charge in [-0.25, -0.2) is 9.78 Å². The molecule has 0 unspecified atom stereocenters. The van der Waals surface area contributed by atoms with Crippen LogP contribution in [0.4, 0.5) is 18.0 Å². The van der Waals surface area contributed by atoms with Gasteiger partial charge in [-0.3, -0.25) is 4.90 Å². The van der Waals surface area contributed by atoms with Gasteiger partial charge in [0.15, 0.2) is 0 Å². The maximum Gasteiger partial charge on any atom is 0.427 e. The van der Waals surface area contributed by atoms with E-state index in [0.717, 1.165) is 12.1 Å². The maximum atomic E-state index is 12.7. The zero-order valence-corrected chi connectivity index (χ0v) is 9.39. The summed E-state index contributed by atoms with van der Waals surface area (Å²) in [5.74, 6) is -0.609. The first-order chi connectivity index (χ1) is 8.77. The summed E-state index contributed by atoms with van der Waals surface area (Å²) in [5, 5.41) is 18.0. The molecule has 2 N–H and O–H groups in total. The highest BCUT2D eigenvalue weighted by molar-refractivity contribution is 5.65. The summed E-state index contributed by atoms with van der Waals surface area (Å²) in [4.78, 5) is 15.0. The minimum Gasteiger partial charge on any atom is -0.493 e. The van der Waals surface area contributed by atoms with Crippen LogP contribution in [0.25, 0.3) is 0 Å². The van der Waals surface area contributed by atoms with Gasteiger partial charge in [-0.05, 0) is 6.07 Å². The molecule has 2 heterocycles. The molecule has 1 amide bonds. The molecule has 1 aromatic heterocycles. The Hall–Kier alpha value is -2.19. The van der Waals surface area contributed by atoms with Crippen molar-refractivity contribution < 1.29 is 32.9 Å². The Kier molecular flexibility index (Phi) is 3.13. The monoisotopic (exact) mass is 278 g/mol. The molecule has 0 bridgehead atoms. The van der Waals surface area contributed by atoms with Crippen LogP contribution in [0.3, 0.4) is 0 Å². The summed E-state index contributed by atoms with van der Waals surface area (Å²) in [6.07, 6.45) is -8.49. The summed E-state index contributed by atoms with van der Waals surface area (Å²) in [5.41, 5.74) is -0.0610. The molecule has 9 heteroatoms. The van der Waals surface area contributed by atoms with Crippen LogP contribution in [-0.4, -0.2) is 45.0 Å². The van der Waals surface area contributed by atoms with E-state index >= 15 is 0 Å². The van der Waals surface area contributed by atoms with Crippen LogP contribution in [0.15, 0.2) is 12.1 Å². The van der Waals surface area contributed by atoms with E-state index in [4.69, 9.17) is 9.84 Å². The van der Waals surface area contributed by atoms with Gasteiger partial charge in [0, 0.05) is 6.07 Å². The normalized spacial score (nSPS) is 19.3. The van der Waals surface area contributed by atoms with Gasteiger partial charge in [0.25, 0.3) is 0 Å². The molecule has 0 radical (unpaired) electrons. The molecule has 0 spiro atoms. The summed E-state index contributed by atoms with van der Waals surface area (Å²) in [7, 11) is 0. The van der Waals surface area contributed by atoms with Crippen molar-refractivity contribution in [3.63, 3.8) is 0 Å². The van der Waals surface area contributed by atoms with Crippen LogP contribution in [0.1, 0.15) is 5.69 Å². The van der Waals surface area contributed by atoms with Crippen molar-refractivity contribution in [2.45, 2.75) is 18.8 Å². The molecular weight excluding hydrogens is 269 g/mol. The topological polar surface area (TPSA) is 82.9 Å². The minimum atomic E-state index is -4.70. The quantitative estimate of drug-likeness (QED) is 0.753. The Morgan fingerprint density at radius 2 is 2.16 bits per heavy atom. The van der Waals surface area contributed by atoms with Crippen molar-refractivity contribution in [2.24, 2.45) is 0 Å². The molecule has 104 valence electrons. The van der Waals surface area contributed by atoms with Gasteiger partial charge in [0.2, 0.25) is 12.0 Å². The molecule has 0 fully saturated rings. The predicted molar refractivity (Wildman–Crippen MR) is 54.8 cm³/mol. The lowest BCUT2D eigenvalue weighted by Crippen LogP contribution is -2.44. The molecule has 1 aliphatic heterocycles. The van der Waals surface area contributed by atoms with E-state index in [1.165, 1.54) is 0 Å². The number of carbonyl (C=O) groups is 1. The number of ether oxygens (including phenoxy) is 1. The number of hydrogen-bond acceptors (Lipinski definition) is 4. The van der Waals surface area contributed by atoms with Crippen LogP contribution in [-0.2, 0) is 6.54 Å². The average molecular weight is 278 g/mol. The fourth-order valence-electron chi connectivity index (χ4n) is 1.65. The number of aromatic nitrogens is 1. The third kappa shape index (κ3) is 2.80. The number of carboxylic acid groups (broad SMARTS) is 1. The molecule has 0 saturated carbocycles. The molecule has 1 aliphatic rings. The van der Waals surface area contributed by atoms with Gasteiger partial charge in [-0.15, -0.1) is 0 Å². The fraction of sp³-hybridized carbons (Fsp3) is 0.400. The van der Waals surface area contributed by atoms with Crippen LogP contribution in [0.5, 0.6) is 11.6 Å². The Morgan fingerprint density at radius 1 is 1.47 bits per heavy atom. The van der Waals surface area contributed by atoms with Crippen molar-refractivity contribution in [2.75, 3.05) is 6.54 Å². The Balaban J connectivity index is 2.40. The van der Waals surface area contributed by atoms with Crippen LogP contribution >= 0.6 is 0 Å². The van der Waals surface area contributed by atoms with Crippen molar-refractivity contribution in [3.05, 3.63) is 17.8 Å². The van der Waals surface area contributed by atoms with Crippen LogP contribution in [0, 0.1) is 0 Å². The van der Waals surface area contributed by atoms with Gasteiger partial charge in [0.05, 0.1) is 13.1 Å². The van der Waals surface area contributed by atoms with Gasteiger partial charge in [0.1, 0.15) is 11.4 Å². The first-order valence-electron chi connectivity index (χ1n) is 5.17. The summed E-state index contributed by atoms with van der Waals surface area (Å²) in [6.45, 7) is -1.23. The van der Waals surface area contributed by atoms with Gasteiger partial charge in [-0.2, -0.15) is 13.2 Å². The van der Waals surface area contributed by atoms with Crippen molar-refractivity contribution in [1.29, 1.82) is 0 Å². The second kappa shape index (κ2) is 4.48. The second-order valence-electron chi connectivity index (χ2n) is 3.93. The summed E-state index contributed by atoms with van der Waals surface area (Å²) >= 11 is 0. The van der Waals surface area contributed by atoms with E-state index in [9.17, 15) is 23.1 Å². The summed E-state index contributed by atoms with van der Waals surface area (Å²) in [6, 6.07) is 2.20. The first-order valence-corrected chi connectivity index (χ1v) is 5.17. The Morgan fingerprint density at radius 3 is 2.74 bits per heavy atom. The number of pyridine rings is 1. The number of hydrogen-bond donors (Lipinski definition) is 2. The number of amides is 1. The number of nitrogens with zero attached hydrogens (tertiary/aromatic N) is 2. The summed E-state index contributed by atoms with van der Waals surface area (Å²) < 4.78 is 42.9. The van der Waals surface area contributed by atoms with E-state index in [2.05, 4.69) is 4.98 Å². The number of alkyl halides is 3. The van der Waals surface area contributed by atoms with Crippen LogP contribution in [0.2, 0.25) is 0 Å². The van der Waals surface area contributed by atoms with Crippen molar-refractivity contribution >= 4 is 6.09 Å². The highest BCUT2D eigenvalue weighted by atomic mass is 19.4. The Bertz CT molecular complexity index is 506. The van der Waals surface area contributed by atoms with Crippen LogP contribution < -0.4 is 4.74 Å². The number of rotatable bonds is 0. The average Bonchev–Trinajstić information content (AvgIpc) is 2.47. The van der Waals surface area contributed by atoms with E-state index in [0.29, 0.717) is 4.90 Å². The zero-order chi connectivity index (χ0) is 14.2. The van der Waals surface area contributed by atoms with E-state index in [-0.39, 0.29) is 18.0 Å². The number of halogens is 3. The lowest BCUT2D eigenvalue weighted by Gasteiger charge is -2.23. The smallest absolute Gasteiger partial charge is 0.427 e. The van der Waals surface area contributed by atoms with Gasteiger partial charge in [-0.1, -0.05) is 0 Å². The third-order valence-electron chi connectivity index (χ3n) is 2.55. The first kappa shape index (κ1) is 13.2. The lowest BCUT2D eigenvalue weighted by molar-refractivity contribution is -0.196. The molecule has 1 aromatic rings. The maximum absolute atomic E-state index is 12.7. The SMILES string of the molecule is O=C(O)N1Cc2nc(O)ccc2O[C@H](C(F)(F)F)C1. The van der Waals surface area contributed by atoms with E-state index in [1.54, 1.807) is 0 Å². The van der Waals surface area contributed by atoms with Crippen molar-refractivity contribution in [3.8, 4) is 11.6 Å². The predicted octanol–water partition coefficient (Wildman–Crippen LogP) is 1.59. The molecule has 19 heavy (non-hydrogen) atoms. The standard InChI is InChI=1S/C10H9F3N2O4/c11-10(12,13)7-4-15(9(17)18)3-5-6(19-7)1-2-8(16)14-5/h1-2,7H,3-4H2,(H,14,16)(H,17,18)/t7-/m0/s1. The molecule has 1 atom stereocenters. The minimum absolute atomic E-state index is 0.0610. The van der Waals surface area contributed by atoms with E-state index in [1.807, 2.05) is 0 Å². The van der Waals surface area contributed by atoms with Gasteiger partial charge >= 0.3 is 12.3 Å². The fourth-order valence-corrected chi connectivity index (χ4v) is 1.65. The van der Waals surface area contributed by atoms with Gasteiger partial charge < -0.3 is 14.9 Å². The highest BCUT2D eigenvalue weighted by Gasteiger charge is 2.45. The zero-order valence-electron chi connectivity index (χ0n) is 9.39. The highest BCUT2D eigenvalue weighted by Crippen LogP contribution is 2.31.